The van der Waals surface area contributed by atoms with Gasteiger partial charge in [0.1, 0.15) is 6.10 Å². The summed E-state index contributed by atoms with van der Waals surface area (Å²) in [4.78, 5) is 2.29. The first-order valence-electron chi connectivity index (χ1n) is 7.27. The lowest BCUT2D eigenvalue weighted by Gasteiger charge is -2.17. The van der Waals surface area contributed by atoms with Crippen LogP contribution in [0.25, 0.3) is 5.57 Å². The minimum Gasteiger partial charge on any atom is -0.493 e. The Morgan fingerprint density at radius 1 is 1.57 bits per heavy atom. The van der Waals surface area contributed by atoms with E-state index in [-0.39, 0.29) is 12.1 Å². The molecule has 2 heterocycles. The summed E-state index contributed by atoms with van der Waals surface area (Å²) >= 11 is 0. The number of hydrogen-bond donors (Lipinski definition) is 1. The van der Waals surface area contributed by atoms with E-state index >= 15 is 0 Å². The molecule has 4 nitrogen and oxygen atoms in total. The second-order valence-corrected chi connectivity index (χ2v) is 5.73. The molecular formula is C17H22N2O2. The fraction of sp³-hybridized carbons (Fsp3) is 0.412. The van der Waals surface area contributed by atoms with Crippen molar-refractivity contribution in [3.8, 4) is 11.5 Å². The highest BCUT2D eigenvalue weighted by atomic mass is 16.5. The molecule has 0 spiro atoms. The summed E-state index contributed by atoms with van der Waals surface area (Å²) in [6.45, 7) is 5.59. The molecule has 1 aromatic rings. The second-order valence-electron chi connectivity index (χ2n) is 5.73. The van der Waals surface area contributed by atoms with Crippen LogP contribution in [0.15, 0.2) is 30.9 Å². The van der Waals surface area contributed by atoms with Gasteiger partial charge in [0.05, 0.1) is 7.11 Å². The molecule has 0 fully saturated rings. The maximum atomic E-state index is 6.18. The summed E-state index contributed by atoms with van der Waals surface area (Å²) in [6, 6.07) is 4.05. The average Bonchev–Trinajstić information content (AvgIpc) is 2.74. The van der Waals surface area contributed by atoms with Crippen molar-refractivity contribution in [1.29, 1.82) is 0 Å². The Kier molecular flexibility index (Phi) is 3.74. The molecule has 1 aromatic carbocycles. The molecule has 0 radical (unpaired) electrons. The molecule has 0 amide bonds. The van der Waals surface area contributed by atoms with Crippen LogP contribution in [0.3, 0.4) is 0 Å². The lowest BCUT2D eigenvalue weighted by atomic mass is 9.94. The van der Waals surface area contributed by atoms with Crippen LogP contribution in [0.5, 0.6) is 11.5 Å². The Bertz CT molecular complexity index is 595. The maximum Gasteiger partial charge on any atom is 0.170 e. The first-order chi connectivity index (χ1) is 10.1. The monoisotopic (exact) mass is 286 g/mol. The predicted octanol–water partition coefficient (Wildman–Crippen LogP) is 2.19. The molecule has 3 rings (SSSR count). The molecule has 112 valence electrons. The molecule has 0 saturated heterocycles. The number of ether oxygens (including phenoxy) is 2. The standard InChI is InChI=1S/C17H22N2O2/c1-4-12(18)9-15-13-7-8-19(2)10-11-5-6-14(20-3)17(21-15)16(11)13/h4-7,12,15H,1,8-10,18H2,2-3H3/t12-,15+/m1/s1. The SMILES string of the molecule is C=C[C@@H](N)C[C@@H]1Oc2c(OC)ccc3c2C1=CCN(C)C3. The number of likely N-dealkylation sites (N-methyl/N-ethyl adjacent to an activating group) is 1. The molecule has 0 bridgehead atoms. The summed E-state index contributed by atoms with van der Waals surface area (Å²) < 4.78 is 11.6. The predicted molar refractivity (Wildman–Crippen MR) is 84.5 cm³/mol. The maximum absolute atomic E-state index is 6.18. The molecule has 0 aromatic heterocycles. The first-order valence-corrected chi connectivity index (χ1v) is 7.27. The summed E-state index contributed by atoms with van der Waals surface area (Å²) in [7, 11) is 3.80. The van der Waals surface area contributed by atoms with Gasteiger partial charge in [0.25, 0.3) is 0 Å². The van der Waals surface area contributed by atoms with Crippen LogP contribution >= 0.6 is 0 Å². The highest BCUT2D eigenvalue weighted by molar-refractivity contribution is 5.82. The first kappa shape index (κ1) is 14.2. The van der Waals surface area contributed by atoms with Crippen LogP contribution in [0.4, 0.5) is 0 Å². The molecule has 2 aliphatic rings. The van der Waals surface area contributed by atoms with Crippen LogP contribution in [0, 0.1) is 0 Å². The van der Waals surface area contributed by atoms with Gasteiger partial charge in [-0.3, -0.25) is 4.90 Å². The largest absolute Gasteiger partial charge is 0.493 e. The van der Waals surface area contributed by atoms with Crippen molar-refractivity contribution in [2.24, 2.45) is 5.73 Å². The third kappa shape index (κ3) is 2.45. The van der Waals surface area contributed by atoms with Crippen molar-refractivity contribution in [3.63, 3.8) is 0 Å². The molecule has 0 saturated carbocycles. The Morgan fingerprint density at radius 2 is 2.38 bits per heavy atom. The van der Waals surface area contributed by atoms with E-state index in [1.165, 1.54) is 16.7 Å². The van der Waals surface area contributed by atoms with E-state index in [4.69, 9.17) is 15.2 Å². The van der Waals surface area contributed by atoms with E-state index in [1.54, 1.807) is 13.2 Å². The number of rotatable bonds is 4. The zero-order chi connectivity index (χ0) is 15.0. The van der Waals surface area contributed by atoms with E-state index < -0.39 is 0 Å². The number of methoxy groups -OCH3 is 1. The smallest absolute Gasteiger partial charge is 0.170 e. The second kappa shape index (κ2) is 5.54. The van der Waals surface area contributed by atoms with Gasteiger partial charge in [-0.25, -0.2) is 0 Å². The molecule has 2 N–H and O–H groups in total. The molecule has 0 unspecified atom stereocenters. The van der Waals surface area contributed by atoms with Gasteiger partial charge >= 0.3 is 0 Å². The zero-order valence-electron chi connectivity index (χ0n) is 12.6. The van der Waals surface area contributed by atoms with Crippen molar-refractivity contribution in [1.82, 2.24) is 4.90 Å². The number of nitrogens with two attached hydrogens (primary N) is 1. The van der Waals surface area contributed by atoms with Gasteiger partial charge in [0.2, 0.25) is 0 Å². The molecule has 2 aliphatic heterocycles. The lowest BCUT2D eigenvalue weighted by Crippen LogP contribution is -2.26. The van der Waals surface area contributed by atoms with Crippen molar-refractivity contribution in [2.45, 2.75) is 25.1 Å². The molecular weight excluding hydrogens is 264 g/mol. The summed E-state index contributed by atoms with van der Waals surface area (Å²) in [6.07, 6.45) is 4.74. The van der Waals surface area contributed by atoms with Crippen LogP contribution in [0.1, 0.15) is 17.5 Å². The average molecular weight is 286 g/mol. The number of hydrogen-bond acceptors (Lipinski definition) is 4. The summed E-state index contributed by atoms with van der Waals surface area (Å²) in [5.74, 6) is 1.65. The van der Waals surface area contributed by atoms with Gasteiger partial charge in [-0.2, -0.15) is 0 Å². The zero-order valence-corrected chi connectivity index (χ0v) is 12.6. The van der Waals surface area contributed by atoms with Gasteiger partial charge in [0.15, 0.2) is 11.5 Å². The van der Waals surface area contributed by atoms with E-state index in [2.05, 4.69) is 30.7 Å². The van der Waals surface area contributed by atoms with Gasteiger partial charge in [-0.1, -0.05) is 18.2 Å². The minimum atomic E-state index is -0.0689. The van der Waals surface area contributed by atoms with Crippen molar-refractivity contribution >= 4 is 5.57 Å². The van der Waals surface area contributed by atoms with Crippen molar-refractivity contribution in [3.05, 3.63) is 42.0 Å². The highest BCUT2D eigenvalue weighted by Gasteiger charge is 2.35. The topological polar surface area (TPSA) is 47.7 Å². The molecule has 0 aliphatic carbocycles. The van der Waals surface area contributed by atoms with E-state index in [1.807, 2.05) is 6.07 Å². The summed E-state index contributed by atoms with van der Waals surface area (Å²) in [5.41, 5.74) is 9.75. The Balaban J connectivity index is 2.06. The third-order valence-electron chi connectivity index (χ3n) is 4.18. The van der Waals surface area contributed by atoms with Crippen molar-refractivity contribution < 1.29 is 9.47 Å². The normalized spacial score (nSPS) is 21.9. The van der Waals surface area contributed by atoms with E-state index in [9.17, 15) is 0 Å². The fourth-order valence-electron chi connectivity index (χ4n) is 3.06. The van der Waals surface area contributed by atoms with Crippen molar-refractivity contribution in [2.75, 3.05) is 20.7 Å². The van der Waals surface area contributed by atoms with Gasteiger partial charge in [-0.05, 0) is 18.7 Å². The lowest BCUT2D eigenvalue weighted by molar-refractivity contribution is 0.246. The number of nitrogens with zero attached hydrogens (tertiary/aromatic N) is 1. The molecule has 4 heteroatoms. The van der Waals surface area contributed by atoms with Gasteiger partial charge < -0.3 is 15.2 Å². The molecule has 2 atom stereocenters. The fourth-order valence-corrected chi connectivity index (χ4v) is 3.06. The van der Waals surface area contributed by atoms with Crippen LogP contribution in [0.2, 0.25) is 0 Å². The minimum absolute atomic E-state index is 0.0189. The Hall–Kier alpha value is -1.78. The van der Waals surface area contributed by atoms with Gasteiger partial charge in [-0.15, -0.1) is 6.58 Å². The van der Waals surface area contributed by atoms with Crippen LogP contribution in [-0.2, 0) is 6.54 Å². The van der Waals surface area contributed by atoms with E-state index in [0.29, 0.717) is 0 Å². The van der Waals surface area contributed by atoms with E-state index in [0.717, 1.165) is 31.0 Å². The Labute approximate surface area is 125 Å². The van der Waals surface area contributed by atoms with Gasteiger partial charge in [0, 0.05) is 36.7 Å². The van der Waals surface area contributed by atoms with Crippen LogP contribution in [-0.4, -0.2) is 37.7 Å². The van der Waals surface area contributed by atoms with Crippen LogP contribution < -0.4 is 15.2 Å². The molecule has 21 heavy (non-hydrogen) atoms. The highest BCUT2D eigenvalue weighted by Crippen LogP contribution is 2.47. The number of benzene rings is 1. The Morgan fingerprint density at radius 3 is 3.10 bits per heavy atom. The summed E-state index contributed by atoms with van der Waals surface area (Å²) in [5, 5.41) is 0. The quantitative estimate of drug-likeness (QED) is 0.862. The third-order valence-corrected chi connectivity index (χ3v) is 4.18.